The summed E-state index contributed by atoms with van der Waals surface area (Å²) in [6.07, 6.45) is 0. The number of nitrogens with zero attached hydrogens (tertiary/aromatic N) is 2. The smallest absolute Gasteiger partial charge is 0.219 e. The first-order chi connectivity index (χ1) is 5.11. The van der Waals surface area contributed by atoms with E-state index in [4.69, 9.17) is 5.84 Å². The van der Waals surface area contributed by atoms with Crippen LogP contribution in [0, 0.1) is 0 Å². The molecule has 0 aliphatic carbocycles. The lowest BCUT2D eigenvalue weighted by molar-refractivity contribution is -0.133. The lowest BCUT2D eigenvalue weighted by atomic mass is 10.2. The van der Waals surface area contributed by atoms with Gasteiger partial charge in [-0.3, -0.25) is 10.6 Å². The number of hydrogen-bond acceptors (Lipinski definition) is 3. The van der Waals surface area contributed by atoms with E-state index in [-0.39, 0.29) is 11.9 Å². The normalized spacial score (nSPS) is 27.2. The second-order valence-corrected chi connectivity index (χ2v) is 3.06. The zero-order chi connectivity index (χ0) is 8.43. The molecule has 11 heavy (non-hydrogen) atoms. The van der Waals surface area contributed by atoms with Gasteiger partial charge in [0.2, 0.25) is 5.91 Å². The fourth-order valence-corrected chi connectivity index (χ4v) is 1.45. The first-order valence-corrected chi connectivity index (χ1v) is 3.88. The molecule has 4 nitrogen and oxygen atoms in total. The van der Waals surface area contributed by atoms with E-state index in [1.165, 1.54) is 0 Å². The maximum atomic E-state index is 11.0. The van der Waals surface area contributed by atoms with E-state index >= 15 is 0 Å². The zero-order valence-electron chi connectivity index (χ0n) is 7.08. The molecule has 0 bridgehead atoms. The van der Waals surface area contributed by atoms with Crippen molar-refractivity contribution in [2.45, 2.75) is 19.9 Å². The van der Waals surface area contributed by atoms with Crippen molar-refractivity contribution in [1.29, 1.82) is 0 Å². The van der Waals surface area contributed by atoms with E-state index in [1.54, 1.807) is 11.9 Å². The van der Waals surface area contributed by atoms with Crippen molar-refractivity contribution < 1.29 is 4.79 Å². The van der Waals surface area contributed by atoms with Crippen molar-refractivity contribution >= 4 is 5.91 Å². The van der Waals surface area contributed by atoms with Gasteiger partial charge in [-0.15, -0.1) is 0 Å². The SMILES string of the molecule is CC(=O)N1CCN(N)CC1C. The monoisotopic (exact) mass is 157 g/mol. The lowest BCUT2D eigenvalue weighted by Crippen LogP contribution is -2.55. The summed E-state index contributed by atoms with van der Waals surface area (Å²) in [6, 6.07) is 0.256. The molecule has 0 spiro atoms. The predicted octanol–water partition coefficient (Wildman–Crippen LogP) is -0.587. The third kappa shape index (κ3) is 1.91. The van der Waals surface area contributed by atoms with E-state index in [1.807, 2.05) is 11.8 Å². The Bertz CT molecular complexity index is 160. The lowest BCUT2D eigenvalue weighted by Gasteiger charge is -2.37. The van der Waals surface area contributed by atoms with Gasteiger partial charge in [0.15, 0.2) is 0 Å². The molecule has 1 atom stereocenters. The van der Waals surface area contributed by atoms with Crippen LogP contribution in [-0.4, -0.2) is 41.5 Å². The standard InChI is InChI=1S/C7H15N3O/c1-6-5-9(8)3-4-10(6)7(2)11/h6H,3-5,8H2,1-2H3. The van der Waals surface area contributed by atoms with Gasteiger partial charge in [0.25, 0.3) is 0 Å². The minimum absolute atomic E-state index is 0.144. The number of amides is 1. The minimum atomic E-state index is 0.144. The molecule has 1 unspecified atom stereocenters. The molecule has 0 saturated carbocycles. The average molecular weight is 157 g/mol. The maximum absolute atomic E-state index is 11.0. The predicted molar refractivity (Wildman–Crippen MR) is 42.6 cm³/mol. The second-order valence-electron chi connectivity index (χ2n) is 3.06. The van der Waals surface area contributed by atoms with E-state index in [0.717, 1.165) is 19.6 Å². The molecule has 1 aliphatic heterocycles. The Morgan fingerprint density at radius 3 is 2.64 bits per heavy atom. The molecular weight excluding hydrogens is 142 g/mol. The van der Waals surface area contributed by atoms with Crippen LogP contribution in [0.4, 0.5) is 0 Å². The van der Waals surface area contributed by atoms with Crippen molar-refractivity contribution in [3.05, 3.63) is 0 Å². The van der Waals surface area contributed by atoms with Gasteiger partial charge < -0.3 is 4.90 Å². The molecular formula is C7H15N3O. The highest BCUT2D eigenvalue weighted by molar-refractivity contribution is 5.73. The Balaban J connectivity index is 2.50. The highest BCUT2D eigenvalue weighted by Crippen LogP contribution is 2.05. The summed E-state index contributed by atoms with van der Waals surface area (Å²) in [5.41, 5.74) is 0. The molecule has 0 radical (unpaired) electrons. The van der Waals surface area contributed by atoms with Gasteiger partial charge in [0, 0.05) is 32.6 Å². The van der Waals surface area contributed by atoms with E-state index < -0.39 is 0 Å². The van der Waals surface area contributed by atoms with Crippen molar-refractivity contribution in [1.82, 2.24) is 9.91 Å². The summed E-state index contributed by atoms with van der Waals surface area (Å²) in [5.74, 6) is 5.73. The van der Waals surface area contributed by atoms with Crippen LogP contribution in [0.15, 0.2) is 0 Å². The number of hydrogen-bond donors (Lipinski definition) is 1. The van der Waals surface area contributed by atoms with Crippen LogP contribution in [0.2, 0.25) is 0 Å². The van der Waals surface area contributed by atoms with E-state index in [0.29, 0.717) is 0 Å². The molecule has 64 valence electrons. The summed E-state index contributed by atoms with van der Waals surface area (Å²) < 4.78 is 0. The number of rotatable bonds is 0. The summed E-state index contributed by atoms with van der Waals surface area (Å²) in [7, 11) is 0. The number of carbonyl (C=O) groups excluding carboxylic acids is 1. The molecule has 4 heteroatoms. The zero-order valence-corrected chi connectivity index (χ0v) is 7.08. The molecule has 1 aliphatic rings. The molecule has 0 aromatic carbocycles. The quantitative estimate of drug-likeness (QED) is 0.478. The molecule has 1 heterocycles. The van der Waals surface area contributed by atoms with Crippen LogP contribution >= 0.6 is 0 Å². The maximum Gasteiger partial charge on any atom is 0.219 e. The van der Waals surface area contributed by atoms with Gasteiger partial charge in [0.1, 0.15) is 0 Å². The Labute approximate surface area is 66.9 Å². The Hall–Kier alpha value is -0.610. The fraction of sp³-hybridized carbons (Fsp3) is 0.857. The van der Waals surface area contributed by atoms with E-state index in [9.17, 15) is 4.79 Å². The summed E-state index contributed by atoms with van der Waals surface area (Å²) in [6.45, 7) is 5.93. The first-order valence-electron chi connectivity index (χ1n) is 3.88. The number of piperazine rings is 1. The third-order valence-electron chi connectivity index (χ3n) is 2.06. The Morgan fingerprint density at radius 1 is 1.55 bits per heavy atom. The topological polar surface area (TPSA) is 49.6 Å². The third-order valence-corrected chi connectivity index (χ3v) is 2.06. The summed E-state index contributed by atoms with van der Waals surface area (Å²) in [4.78, 5) is 12.8. The Kier molecular flexibility index (Phi) is 2.46. The molecule has 1 fully saturated rings. The van der Waals surface area contributed by atoms with Crippen LogP contribution < -0.4 is 5.84 Å². The van der Waals surface area contributed by atoms with Crippen LogP contribution in [0.1, 0.15) is 13.8 Å². The van der Waals surface area contributed by atoms with Gasteiger partial charge in [-0.05, 0) is 6.92 Å². The summed E-state index contributed by atoms with van der Waals surface area (Å²) in [5, 5.41) is 1.75. The molecule has 1 rings (SSSR count). The number of nitrogens with two attached hydrogens (primary N) is 1. The molecule has 2 N–H and O–H groups in total. The number of carbonyl (C=O) groups is 1. The number of hydrazine groups is 1. The average Bonchev–Trinajstić information content (AvgIpc) is 1.85. The van der Waals surface area contributed by atoms with E-state index in [2.05, 4.69) is 0 Å². The van der Waals surface area contributed by atoms with Crippen molar-refractivity contribution in [2.24, 2.45) is 5.84 Å². The van der Waals surface area contributed by atoms with Gasteiger partial charge in [0.05, 0.1) is 0 Å². The molecule has 1 saturated heterocycles. The van der Waals surface area contributed by atoms with Crippen molar-refractivity contribution in [2.75, 3.05) is 19.6 Å². The summed E-state index contributed by atoms with van der Waals surface area (Å²) >= 11 is 0. The second kappa shape index (κ2) is 3.19. The van der Waals surface area contributed by atoms with Crippen LogP contribution in [0.3, 0.4) is 0 Å². The van der Waals surface area contributed by atoms with Crippen molar-refractivity contribution in [3.8, 4) is 0 Å². The molecule has 1 amide bonds. The molecule has 0 aromatic rings. The van der Waals surface area contributed by atoms with Crippen LogP contribution in [-0.2, 0) is 4.79 Å². The highest BCUT2D eigenvalue weighted by Gasteiger charge is 2.23. The Morgan fingerprint density at radius 2 is 2.18 bits per heavy atom. The van der Waals surface area contributed by atoms with Crippen molar-refractivity contribution in [3.63, 3.8) is 0 Å². The molecule has 0 aromatic heterocycles. The van der Waals surface area contributed by atoms with Gasteiger partial charge in [-0.1, -0.05) is 0 Å². The first kappa shape index (κ1) is 8.49. The van der Waals surface area contributed by atoms with Crippen LogP contribution in [0.25, 0.3) is 0 Å². The van der Waals surface area contributed by atoms with Gasteiger partial charge in [-0.25, -0.2) is 5.01 Å². The fourth-order valence-electron chi connectivity index (χ4n) is 1.45. The largest absolute Gasteiger partial charge is 0.338 e. The van der Waals surface area contributed by atoms with Crippen LogP contribution in [0.5, 0.6) is 0 Å². The van der Waals surface area contributed by atoms with Gasteiger partial charge in [-0.2, -0.15) is 0 Å². The van der Waals surface area contributed by atoms with Gasteiger partial charge >= 0.3 is 0 Å². The highest BCUT2D eigenvalue weighted by atomic mass is 16.2. The minimum Gasteiger partial charge on any atom is -0.338 e.